The summed E-state index contributed by atoms with van der Waals surface area (Å²) < 4.78 is 5.28. The summed E-state index contributed by atoms with van der Waals surface area (Å²) in [4.78, 5) is 18.7. The molecule has 3 rings (SSSR count). The lowest BCUT2D eigenvalue weighted by Crippen LogP contribution is -2.29. The number of aryl methyl sites for hydroxylation is 1. The monoisotopic (exact) mass is 320 g/mol. The van der Waals surface area contributed by atoms with Crippen molar-refractivity contribution in [3.8, 4) is 0 Å². The lowest BCUT2D eigenvalue weighted by molar-refractivity contribution is 0.0697. The molecular weight excluding hydrogens is 300 g/mol. The van der Waals surface area contributed by atoms with Crippen LogP contribution in [0.3, 0.4) is 0 Å². The van der Waals surface area contributed by atoms with E-state index in [1.54, 1.807) is 29.4 Å². The number of nitrogens with zero attached hydrogens (tertiary/aromatic N) is 2. The molecule has 0 fully saturated rings. The summed E-state index contributed by atoms with van der Waals surface area (Å²) in [7, 11) is 0. The molecule has 0 aliphatic carbocycles. The highest BCUT2D eigenvalue weighted by atomic mass is 16.3. The number of rotatable bonds is 6. The first-order valence-electron chi connectivity index (χ1n) is 8.05. The summed E-state index contributed by atoms with van der Waals surface area (Å²) in [5.41, 5.74) is 3.37. The van der Waals surface area contributed by atoms with Gasteiger partial charge in [-0.3, -0.25) is 9.78 Å². The minimum absolute atomic E-state index is 0.122. The maximum Gasteiger partial charge on any atom is 0.290 e. The fraction of sp³-hybridized carbons (Fsp3) is 0.200. The van der Waals surface area contributed by atoms with Crippen LogP contribution in [-0.4, -0.2) is 15.8 Å². The summed E-state index contributed by atoms with van der Waals surface area (Å²) in [6, 6.07) is 15.6. The van der Waals surface area contributed by atoms with E-state index < -0.39 is 0 Å². The van der Waals surface area contributed by atoms with Crippen molar-refractivity contribution < 1.29 is 9.21 Å². The van der Waals surface area contributed by atoms with Crippen LogP contribution in [0.1, 0.15) is 34.2 Å². The van der Waals surface area contributed by atoms with Crippen molar-refractivity contribution in [3.05, 3.63) is 89.6 Å². The third-order valence-electron chi connectivity index (χ3n) is 3.92. The highest BCUT2D eigenvalue weighted by Crippen LogP contribution is 2.15. The Kier molecular flexibility index (Phi) is 5.06. The summed E-state index contributed by atoms with van der Waals surface area (Å²) in [6.07, 6.45) is 6.03. The summed E-state index contributed by atoms with van der Waals surface area (Å²) in [6.45, 7) is 3.14. The van der Waals surface area contributed by atoms with E-state index >= 15 is 0 Å². The normalized spacial score (nSPS) is 10.5. The molecule has 0 atom stereocenters. The molecule has 1 aromatic carbocycles. The van der Waals surface area contributed by atoms with E-state index in [-0.39, 0.29) is 5.91 Å². The average molecular weight is 320 g/mol. The second kappa shape index (κ2) is 7.59. The summed E-state index contributed by atoms with van der Waals surface area (Å²) in [5, 5.41) is 0. The zero-order chi connectivity index (χ0) is 16.8. The average Bonchev–Trinajstić information content (AvgIpc) is 3.17. The molecule has 24 heavy (non-hydrogen) atoms. The molecule has 4 nitrogen and oxygen atoms in total. The summed E-state index contributed by atoms with van der Waals surface area (Å²) in [5.74, 6) is 0.229. The van der Waals surface area contributed by atoms with Crippen molar-refractivity contribution in [2.24, 2.45) is 0 Å². The number of benzene rings is 1. The van der Waals surface area contributed by atoms with Crippen molar-refractivity contribution in [1.29, 1.82) is 0 Å². The predicted octanol–water partition coefficient (Wildman–Crippen LogP) is 4.08. The molecule has 1 amide bonds. The minimum atomic E-state index is -0.122. The maximum atomic E-state index is 12.7. The number of hydrogen-bond acceptors (Lipinski definition) is 3. The molecule has 0 saturated heterocycles. The third-order valence-corrected chi connectivity index (χ3v) is 3.92. The number of carbonyl (C=O) groups is 1. The SMILES string of the molecule is CCc1ccc(CN(Cc2cccnc2)C(=O)c2ccco2)cc1. The zero-order valence-electron chi connectivity index (χ0n) is 13.7. The highest BCUT2D eigenvalue weighted by Gasteiger charge is 2.19. The van der Waals surface area contributed by atoms with Crippen LogP contribution in [-0.2, 0) is 19.5 Å². The lowest BCUT2D eigenvalue weighted by atomic mass is 10.1. The quantitative estimate of drug-likeness (QED) is 0.687. The fourth-order valence-electron chi connectivity index (χ4n) is 2.57. The van der Waals surface area contributed by atoms with E-state index in [0.29, 0.717) is 18.8 Å². The lowest BCUT2D eigenvalue weighted by Gasteiger charge is -2.22. The van der Waals surface area contributed by atoms with E-state index in [1.165, 1.54) is 11.8 Å². The van der Waals surface area contributed by atoms with Gasteiger partial charge in [0.15, 0.2) is 5.76 Å². The largest absolute Gasteiger partial charge is 0.459 e. The number of hydrogen-bond donors (Lipinski definition) is 0. The van der Waals surface area contributed by atoms with Gasteiger partial charge in [0.1, 0.15) is 0 Å². The highest BCUT2D eigenvalue weighted by molar-refractivity contribution is 5.91. The molecule has 0 aliphatic rings. The molecule has 2 aromatic heterocycles. The predicted molar refractivity (Wildman–Crippen MR) is 92.3 cm³/mol. The van der Waals surface area contributed by atoms with Crippen LogP contribution in [0.25, 0.3) is 0 Å². The van der Waals surface area contributed by atoms with Gasteiger partial charge in [-0.2, -0.15) is 0 Å². The van der Waals surface area contributed by atoms with Crippen molar-refractivity contribution in [2.45, 2.75) is 26.4 Å². The van der Waals surface area contributed by atoms with Crippen LogP contribution in [0.15, 0.2) is 71.6 Å². The first kappa shape index (κ1) is 16.0. The van der Waals surface area contributed by atoms with Crippen LogP contribution in [0.2, 0.25) is 0 Å². The Morgan fingerprint density at radius 1 is 1.00 bits per heavy atom. The van der Waals surface area contributed by atoms with Crippen LogP contribution in [0, 0.1) is 0 Å². The Balaban J connectivity index is 1.81. The Morgan fingerprint density at radius 2 is 1.75 bits per heavy atom. The molecule has 3 aromatic rings. The minimum Gasteiger partial charge on any atom is -0.459 e. The van der Waals surface area contributed by atoms with Crippen LogP contribution >= 0.6 is 0 Å². The standard InChI is InChI=1S/C20H20N2O2/c1-2-16-7-9-17(10-8-16)14-22(15-18-5-3-11-21-13-18)20(23)19-6-4-12-24-19/h3-13H,2,14-15H2,1H3. The van der Waals surface area contributed by atoms with E-state index in [0.717, 1.165) is 17.5 Å². The van der Waals surface area contributed by atoms with Gasteiger partial charge >= 0.3 is 0 Å². The number of amides is 1. The second-order valence-electron chi connectivity index (χ2n) is 5.67. The van der Waals surface area contributed by atoms with Gasteiger partial charge in [-0.1, -0.05) is 37.3 Å². The van der Waals surface area contributed by atoms with E-state index in [4.69, 9.17) is 4.42 Å². The number of carbonyl (C=O) groups excluding carboxylic acids is 1. The molecular formula is C20H20N2O2. The number of pyridine rings is 1. The van der Waals surface area contributed by atoms with Crippen molar-refractivity contribution in [1.82, 2.24) is 9.88 Å². The molecule has 122 valence electrons. The van der Waals surface area contributed by atoms with Gasteiger partial charge in [-0.05, 0) is 41.3 Å². The van der Waals surface area contributed by atoms with Gasteiger partial charge < -0.3 is 9.32 Å². The molecule has 0 N–H and O–H groups in total. The zero-order valence-corrected chi connectivity index (χ0v) is 13.7. The van der Waals surface area contributed by atoms with Crippen molar-refractivity contribution in [3.63, 3.8) is 0 Å². The molecule has 0 aliphatic heterocycles. The fourth-order valence-corrected chi connectivity index (χ4v) is 2.57. The molecule has 0 unspecified atom stereocenters. The van der Waals surface area contributed by atoms with Gasteiger partial charge in [0.2, 0.25) is 0 Å². The van der Waals surface area contributed by atoms with Crippen LogP contribution in [0.4, 0.5) is 0 Å². The Labute approximate surface area is 141 Å². The molecule has 2 heterocycles. The van der Waals surface area contributed by atoms with Gasteiger partial charge in [-0.25, -0.2) is 0 Å². The first-order chi connectivity index (χ1) is 11.8. The van der Waals surface area contributed by atoms with Crippen molar-refractivity contribution in [2.75, 3.05) is 0 Å². The van der Waals surface area contributed by atoms with Gasteiger partial charge in [-0.15, -0.1) is 0 Å². The topological polar surface area (TPSA) is 46.3 Å². The van der Waals surface area contributed by atoms with E-state index in [2.05, 4.69) is 36.2 Å². The summed E-state index contributed by atoms with van der Waals surface area (Å²) >= 11 is 0. The van der Waals surface area contributed by atoms with Gasteiger partial charge in [0.05, 0.1) is 6.26 Å². The number of furan rings is 1. The van der Waals surface area contributed by atoms with E-state index in [9.17, 15) is 4.79 Å². The molecule has 0 spiro atoms. The van der Waals surface area contributed by atoms with Crippen LogP contribution in [0.5, 0.6) is 0 Å². The third kappa shape index (κ3) is 3.90. The molecule has 0 bridgehead atoms. The second-order valence-corrected chi connectivity index (χ2v) is 5.67. The van der Waals surface area contributed by atoms with Crippen molar-refractivity contribution >= 4 is 5.91 Å². The van der Waals surface area contributed by atoms with Gasteiger partial charge in [0, 0.05) is 25.5 Å². The molecule has 0 radical (unpaired) electrons. The molecule has 4 heteroatoms. The Hall–Kier alpha value is -2.88. The van der Waals surface area contributed by atoms with E-state index in [1.807, 2.05) is 12.1 Å². The smallest absolute Gasteiger partial charge is 0.290 e. The Bertz CT molecular complexity index is 765. The Morgan fingerprint density at radius 3 is 2.38 bits per heavy atom. The van der Waals surface area contributed by atoms with Crippen LogP contribution < -0.4 is 0 Å². The maximum absolute atomic E-state index is 12.7. The van der Waals surface area contributed by atoms with Gasteiger partial charge in [0.25, 0.3) is 5.91 Å². The first-order valence-corrected chi connectivity index (χ1v) is 8.05. The molecule has 0 saturated carbocycles. The number of aromatic nitrogens is 1.